The lowest BCUT2D eigenvalue weighted by atomic mass is 10.2. The molecule has 2 heterocycles. The average Bonchev–Trinajstić information content (AvgIpc) is 3.01. The highest BCUT2D eigenvalue weighted by atomic mass is 16.5. The van der Waals surface area contributed by atoms with Gasteiger partial charge in [0.2, 0.25) is 0 Å². The highest BCUT2D eigenvalue weighted by Gasteiger charge is 2.23. The van der Waals surface area contributed by atoms with Crippen LogP contribution in [-0.4, -0.2) is 42.1 Å². The molecule has 6 nitrogen and oxygen atoms in total. The van der Waals surface area contributed by atoms with Gasteiger partial charge in [0.25, 0.3) is 5.91 Å². The van der Waals surface area contributed by atoms with Crippen molar-refractivity contribution in [3.63, 3.8) is 0 Å². The molecule has 1 aliphatic rings. The summed E-state index contributed by atoms with van der Waals surface area (Å²) in [7, 11) is 0. The molecule has 0 radical (unpaired) electrons. The van der Waals surface area contributed by atoms with Crippen LogP contribution in [0.1, 0.15) is 10.5 Å². The minimum Gasteiger partial charge on any atom is -0.399 e. The first-order valence-electron chi connectivity index (χ1n) is 6.54. The van der Waals surface area contributed by atoms with E-state index in [0.29, 0.717) is 18.8 Å². The molecular weight excluding hydrogens is 256 g/mol. The maximum Gasteiger partial charge on any atom is 0.276 e. The van der Waals surface area contributed by atoms with Gasteiger partial charge in [0, 0.05) is 43.6 Å². The smallest absolute Gasteiger partial charge is 0.276 e. The molecule has 0 aliphatic carbocycles. The number of piperazine rings is 1. The van der Waals surface area contributed by atoms with Crippen molar-refractivity contribution in [2.45, 2.75) is 0 Å². The number of benzene rings is 1. The number of nitrogens with two attached hydrogens (primary N) is 1. The monoisotopic (exact) mass is 272 g/mol. The number of rotatable bonds is 2. The Morgan fingerprint density at radius 1 is 1.20 bits per heavy atom. The minimum atomic E-state index is -0.0778. The summed E-state index contributed by atoms with van der Waals surface area (Å²) >= 11 is 0. The Bertz CT molecular complexity index is 589. The lowest BCUT2D eigenvalue weighted by Gasteiger charge is -2.35. The molecule has 1 aromatic heterocycles. The van der Waals surface area contributed by atoms with E-state index >= 15 is 0 Å². The van der Waals surface area contributed by atoms with E-state index in [9.17, 15) is 4.79 Å². The predicted molar refractivity (Wildman–Crippen MR) is 75.5 cm³/mol. The zero-order chi connectivity index (χ0) is 13.9. The van der Waals surface area contributed by atoms with E-state index < -0.39 is 0 Å². The van der Waals surface area contributed by atoms with Crippen LogP contribution in [0.2, 0.25) is 0 Å². The van der Waals surface area contributed by atoms with Gasteiger partial charge in [-0.3, -0.25) is 4.79 Å². The van der Waals surface area contributed by atoms with Crippen LogP contribution in [0.5, 0.6) is 0 Å². The Kier molecular flexibility index (Phi) is 3.28. The third kappa shape index (κ3) is 2.45. The van der Waals surface area contributed by atoms with Crippen LogP contribution in [0.3, 0.4) is 0 Å². The van der Waals surface area contributed by atoms with E-state index in [2.05, 4.69) is 10.1 Å². The zero-order valence-electron chi connectivity index (χ0n) is 11.0. The van der Waals surface area contributed by atoms with Crippen molar-refractivity contribution < 1.29 is 9.32 Å². The van der Waals surface area contributed by atoms with Gasteiger partial charge < -0.3 is 20.1 Å². The van der Waals surface area contributed by atoms with Crippen molar-refractivity contribution in [1.82, 2.24) is 10.1 Å². The molecule has 1 aromatic carbocycles. The first kappa shape index (κ1) is 12.5. The first-order valence-corrected chi connectivity index (χ1v) is 6.54. The largest absolute Gasteiger partial charge is 0.399 e. The number of hydrogen-bond donors (Lipinski definition) is 1. The molecule has 1 aliphatic heterocycles. The van der Waals surface area contributed by atoms with Gasteiger partial charge in [0.1, 0.15) is 6.26 Å². The fourth-order valence-corrected chi connectivity index (χ4v) is 2.37. The molecular formula is C14H16N4O2. The predicted octanol–water partition coefficient (Wildman–Crippen LogP) is 1.22. The van der Waals surface area contributed by atoms with E-state index in [1.54, 1.807) is 11.0 Å². The number of aromatic nitrogens is 1. The highest BCUT2D eigenvalue weighted by molar-refractivity contribution is 5.92. The second-order valence-electron chi connectivity index (χ2n) is 4.76. The van der Waals surface area contributed by atoms with Crippen molar-refractivity contribution in [1.29, 1.82) is 0 Å². The van der Waals surface area contributed by atoms with E-state index in [0.717, 1.165) is 24.5 Å². The number of amides is 1. The molecule has 104 valence electrons. The molecule has 6 heteroatoms. The molecule has 3 rings (SSSR count). The first-order chi connectivity index (χ1) is 9.74. The summed E-state index contributed by atoms with van der Waals surface area (Å²) in [6.07, 6.45) is 1.41. The molecule has 1 saturated heterocycles. The summed E-state index contributed by atoms with van der Waals surface area (Å²) in [5.41, 5.74) is 8.01. The fraction of sp³-hybridized carbons (Fsp3) is 0.286. The van der Waals surface area contributed by atoms with E-state index in [1.807, 2.05) is 24.3 Å². The van der Waals surface area contributed by atoms with Crippen molar-refractivity contribution in [3.8, 4) is 0 Å². The molecule has 2 aromatic rings. The lowest BCUT2D eigenvalue weighted by Crippen LogP contribution is -2.48. The number of carbonyl (C=O) groups is 1. The normalized spacial score (nSPS) is 15.4. The van der Waals surface area contributed by atoms with Crippen LogP contribution in [-0.2, 0) is 0 Å². The summed E-state index contributed by atoms with van der Waals surface area (Å²) in [4.78, 5) is 16.1. The van der Waals surface area contributed by atoms with Gasteiger partial charge in [-0.15, -0.1) is 0 Å². The summed E-state index contributed by atoms with van der Waals surface area (Å²) in [6, 6.07) is 9.39. The van der Waals surface area contributed by atoms with Crippen molar-refractivity contribution in [3.05, 3.63) is 42.3 Å². The standard InChI is InChI=1S/C14H16N4O2/c15-11-2-1-3-12(10-11)17-5-7-18(8-6-17)14(19)13-4-9-20-16-13/h1-4,9-10H,5-8,15H2. The van der Waals surface area contributed by atoms with Gasteiger partial charge in [0.05, 0.1) is 0 Å². The SMILES string of the molecule is Nc1cccc(N2CCN(C(=O)c3ccon3)CC2)c1. The summed E-state index contributed by atoms with van der Waals surface area (Å²) in [6.45, 7) is 2.90. The Morgan fingerprint density at radius 3 is 2.65 bits per heavy atom. The summed E-state index contributed by atoms with van der Waals surface area (Å²) in [5, 5.41) is 3.68. The van der Waals surface area contributed by atoms with E-state index in [4.69, 9.17) is 10.3 Å². The van der Waals surface area contributed by atoms with Crippen molar-refractivity contribution in [2.24, 2.45) is 0 Å². The van der Waals surface area contributed by atoms with Crippen LogP contribution in [0.25, 0.3) is 0 Å². The molecule has 0 spiro atoms. The second-order valence-corrected chi connectivity index (χ2v) is 4.76. The lowest BCUT2D eigenvalue weighted by molar-refractivity contribution is 0.0736. The van der Waals surface area contributed by atoms with Gasteiger partial charge in [-0.05, 0) is 18.2 Å². The molecule has 2 N–H and O–H groups in total. The molecule has 1 amide bonds. The molecule has 1 fully saturated rings. The molecule has 20 heavy (non-hydrogen) atoms. The van der Waals surface area contributed by atoms with E-state index in [1.165, 1.54) is 6.26 Å². The zero-order valence-corrected chi connectivity index (χ0v) is 11.0. The second kappa shape index (κ2) is 5.24. The average molecular weight is 272 g/mol. The third-order valence-corrected chi connectivity index (χ3v) is 3.46. The Labute approximate surface area is 116 Å². The van der Waals surface area contributed by atoms with Gasteiger partial charge in [0.15, 0.2) is 5.69 Å². The molecule has 0 bridgehead atoms. The van der Waals surface area contributed by atoms with Crippen LogP contribution in [0.4, 0.5) is 11.4 Å². The number of nitrogen functional groups attached to an aromatic ring is 1. The van der Waals surface area contributed by atoms with Crippen LogP contribution in [0.15, 0.2) is 41.1 Å². The summed E-state index contributed by atoms with van der Waals surface area (Å²) < 4.78 is 4.71. The van der Waals surface area contributed by atoms with Crippen LogP contribution < -0.4 is 10.6 Å². The Morgan fingerprint density at radius 2 is 2.00 bits per heavy atom. The van der Waals surface area contributed by atoms with Gasteiger partial charge in [-0.1, -0.05) is 11.2 Å². The van der Waals surface area contributed by atoms with Gasteiger partial charge >= 0.3 is 0 Å². The fourth-order valence-electron chi connectivity index (χ4n) is 2.37. The topological polar surface area (TPSA) is 75.6 Å². The van der Waals surface area contributed by atoms with Crippen LogP contribution >= 0.6 is 0 Å². The van der Waals surface area contributed by atoms with E-state index in [-0.39, 0.29) is 5.91 Å². The number of nitrogens with zero attached hydrogens (tertiary/aromatic N) is 3. The van der Waals surface area contributed by atoms with Crippen molar-refractivity contribution in [2.75, 3.05) is 36.8 Å². The Balaban J connectivity index is 1.64. The maximum atomic E-state index is 12.1. The highest BCUT2D eigenvalue weighted by Crippen LogP contribution is 2.19. The number of hydrogen-bond acceptors (Lipinski definition) is 5. The maximum absolute atomic E-state index is 12.1. The number of anilines is 2. The minimum absolute atomic E-state index is 0.0778. The molecule has 0 saturated carbocycles. The molecule has 0 atom stereocenters. The molecule has 0 unspecified atom stereocenters. The van der Waals surface area contributed by atoms with Gasteiger partial charge in [-0.2, -0.15) is 0 Å². The summed E-state index contributed by atoms with van der Waals surface area (Å²) in [5.74, 6) is -0.0778. The Hall–Kier alpha value is -2.50. The van der Waals surface area contributed by atoms with Crippen molar-refractivity contribution >= 4 is 17.3 Å². The quantitative estimate of drug-likeness (QED) is 0.832. The van der Waals surface area contributed by atoms with Crippen LogP contribution in [0, 0.1) is 0 Å². The van der Waals surface area contributed by atoms with Gasteiger partial charge in [-0.25, -0.2) is 0 Å². The third-order valence-electron chi connectivity index (χ3n) is 3.46. The number of carbonyl (C=O) groups excluding carboxylic acids is 1.